The Balaban J connectivity index is 2.18. The second-order valence-electron chi connectivity index (χ2n) is 4.32. The van der Waals surface area contributed by atoms with Crippen LogP contribution < -0.4 is 5.32 Å². The maximum atomic E-state index is 6.04. The van der Waals surface area contributed by atoms with Crippen LogP contribution in [0.5, 0.6) is 0 Å². The lowest BCUT2D eigenvalue weighted by Crippen LogP contribution is -2.06. The summed E-state index contributed by atoms with van der Waals surface area (Å²) in [6.45, 7) is 6.59. The molecule has 0 fully saturated rings. The monoisotopic (exact) mass is 261 g/mol. The van der Waals surface area contributed by atoms with Crippen molar-refractivity contribution in [1.29, 1.82) is 0 Å². The molecule has 1 aromatic carbocycles. The Labute approximate surface area is 112 Å². The van der Waals surface area contributed by atoms with Gasteiger partial charge < -0.3 is 5.32 Å². The molecule has 0 aliphatic heterocycles. The first-order valence-electron chi connectivity index (χ1n) is 5.87. The zero-order valence-corrected chi connectivity index (χ0v) is 11.5. The van der Waals surface area contributed by atoms with Gasteiger partial charge in [-0.3, -0.25) is 0 Å². The van der Waals surface area contributed by atoms with Gasteiger partial charge in [-0.2, -0.15) is 0 Å². The Morgan fingerprint density at radius 1 is 1.11 bits per heavy atom. The van der Waals surface area contributed by atoms with Crippen molar-refractivity contribution in [2.45, 2.75) is 27.3 Å². The highest BCUT2D eigenvalue weighted by atomic mass is 35.5. The topological polar surface area (TPSA) is 37.8 Å². The molecule has 4 heteroatoms. The number of halogens is 1. The molecule has 0 saturated heterocycles. The maximum Gasteiger partial charge on any atom is 0.137 e. The van der Waals surface area contributed by atoms with E-state index >= 15 is 0 Å². The van der Waals surface area contributed by atoms with Gasteiger partial charge in [-0.1, -0.05) is 35.9 Å². The van der Waals surface area contributed by atoms with Crippen molar-refractivity contribution in [3.63, 3.8) is 0 Å². The highest BCUT2D eigenvalue weighted by molar-refractivity contribution is 6.30. The highest BCUT2D eigenvalue weighted by Gasteiger charge is 2.07. The summed E-state index contributed by atoms with van der Waals surface area (Å²) in [5.41, 5.74) is 3.40. The van der Waals surface area contributed by atoms with E-state index in [0.29, 0.717) is 11.0 Å². The fraction of sp³-hybridized carbons (Fsp3) is 0.286. The first-order chi connectivity index (χ1) is 8.58. The van der Waals surface area contributed by atoms with E-state index in [4.69, 9.17) is 11.6 Å². The molecule has 0 atom stereocenters. The average Bonchev–Trinajstić information content (AvgIpc) is 2.33. The van der Waals surface area contributed by atoms with Crippen LogP contribution in [0.15, 0.2) is 24.3 Å². The summed E-state index contributed by atoms with van der Waals surface area (Å²) in [7, 11) is 0. The molecule has 2 aromatic rings. The first kappa shape index (κ1) is 12.8. The number of nitrogens with one attached hydrogen (secondary N) is 1. The molecule has 0 aliphatic carbocycles. The van der Waals surface area contributed by atoms with Gasteiger partial charge in [-0.15, -0.1) is 0 Å². The summed E-state index contributed by atoms with van der Waals surface area (Å²) in [5.74, 6) is 1.48. The summed E-state index contributed by atoms with van der Waals surface area (Å²) in [6, 6.07) is 8.28. The lowest BCUT2D eigenvalue weighted by molar-refractivity contribution is 0.999. The molecule has 0 aliphatic rings. The van der Waals surface area contributed by atoms with Gasteiger partial charge in [0, 0.05) is 12.1 Å². The molecule has 18 heavy (non-hydrogen) atoms. The summed E-state index contributed by atoms with van der Waals surface area (Å²) in [5, 5.41) is 3.83. The molecule has 1 N–H and O–H groups in total. The Hall–Kier alpha value is -1.61. The lowest BCUT2D eigenvalue weighted by Gasteiger charge is -2.11. The summed E-state index contributed by atoms with van der Waals surface area (Å²) in [6.07, 6.45) is 0. The smallest absolute Gasteiger partial charge is 0.137 e. The zero-order valence-electron chi connectivity index (χ0n) is 10.8. The highest BCUT2D eigenvalue weighted by Crippen LogP contribution is 2.20. The summed E-state index contributed by atoms with van der Waals surface area (Å²) < 4.78 is 0. The van der Waals surface area contributed by atoms with Crippen molar-refractivity contribution in [1.82, 2.24) is 9.97 Å². The van der Waals surface area contributed by atoms with Crippen LogP contribution in [-0.4, -0.2) is 9.97 Å². The Bertz CT molecular complexity index is 567. The van der Waals surface area contributed by atoms with Gasteiger partial charge >= 0.3 is 0 Å². The van der Waals surface area contributed by atoms with Crippen LogP contribution >= 0.6 is 11.6 Å². The Morgan fingerprint density at radius 2 is 1.83 bits per heavy atom. The second kappa shape index (κ2) is 5.36. The minimum absolute atomic E-state index is 0.509. The molecule has 0 radical (unpaired) electrons. The normalized spacial score (nSPS) is 10.4. The average molecular weight is 262 g/mol. The fourth-order valence-corrected chi connectivity index (χ4v) is 1.97. The Kier molecular flexibility index (Phi) is 3.82. The minimum Gasteiger partial charge on any atom is -0.366 e. The van der Waals surface area contributed by atoms with Crippen LogP contribution in [0.25, 0.3) is 0 Å². The number of aromatic nitrogens is 2. The largest absolute Gasteiger partial charge is 0.366 e. The van der Waals surface area contributed by atoms with Crippen molar-refractivity contribution in [2.75, 3.05) is 5.32 Å². The van der Waals surface area contributed by atoms with Crippen LogP contribution in [0.2, 0.25) is 5.15 Å². The van der Waals surface area contributed by atoms with Gasteiger partial charge in [0.05, 0.1) is 0 Å². The number of hydrogen-bond acceptors (Lipinski definition) is 3. The van der Waals surface area contributed by atoms with E-state index < -0.39 is 0 Å². The molecule has 1 aromatic heterocycles. The van der Waals surface area contributed by atoms with Crippen LogP contribution in [-0.2, 0) is 6.54 Å². The van der Waals surface area contributed by atoms with Gasteiger partial charge in [-0.25, -0.2) is 9.97 Å². The third kappa shape index (κ3) is 2.79. The zero-order chi connectivity index (χ0) is 13.1. The van der Waals surface area contributed by atoms with E-state index in [9.17, 15) is 0 Å². The third-order valence-electron chi connectivity index (χ3n) is 2.91. The fourth-order valence-electron chi connectivity index (χ4n) is 1.75. The molecule has 0 saturated carbocycles. The number of nitrogens with zero attached hydrogens (tertiary/aromatic N) is 2. The third-order valence-corrected chi connectivity index (χ3v) is 3.27. The van der Waals surface area contributed by atoms with E-state index in [1.54, 1.807) is 0 Å². The van der Waals surface area contributed by atoms with E-state index in [1.807, 2.05) is 26.0 Å². The van der Waals surface area contributed by atoms with Crippen molar-refractivity contribution < 1.29 is 0 Å². The number of aryl methyl sites for hydroxylation is 2. The quantitative estimate of drug-likeness (QED) is 0.857. The molecule has 2 rings (SSSR count). The summed E-state index contributed by atoms with van der Waals surface area (Å²) >= 11 is 6.04. The molecule has 1 heterocycles. The SMILES string of the molecule is Cc1nc(Cl)c(C)c(NCc2ccccc2C)n1. The van der Waals surface area contributed by atoms with Gasteiger partial charge in [0.15, 0.2) is 0 Å². The molecular formula is C14H16ClN3. The van der Waals surface area contributed by atoms with Gasteiger partial charge in [0.25, 0.3) is 0 Å². The second-order valence-corrected chi connectivity index (χ2v) is 4.67. The van der Waals surface area contributed by atoms with E-state index in [1.165, 1.54) is 11.1 Å². The van der Waals surface area contributed by atoms with Gasteiger partial charge in [-0.05, 0) is 31.9 Å². The first-order valence-corrected chi connectivity index (χ1v) is 6.25. The van der Waals surface area contributed by atoms with Crippen LogP contribution in [0.1, 0.15) is 22.5 Å². The molecule has 0 bridgehead atoms. The number of rotatable bonds is 3. The molecule has 0 spiro atoms. The predicted octanol–water partition coefficient (Wildman–Crippen LogP) is 3.67. The summed E-state index contributed by atoms with van der Waals surface area (Å²) in [4.78, 5) is 8.49. The van der Waals surface area contributed by atoms with Crippen LogP contribution in [0.4, 0.5) is 5.82 Å². The van der Waals surface area contributed by atoms with E-state index in [0.717, 1.165) is 17.9 Å². The van der Waals surface area contributed by atoms with Crippen LogP contribution in [0.3, 0.4) is 0 Å². The Morgan fingerprint density at radius 3 is 2.56 bits per heavy atom. The number of anilines is 1. The van der Waals surface area contributed by atoms with Gasteiger partial charge in [0.2, 0.25) is 0 Å². The number of hydrogen-bond donors (Lipinski definition) is 1. The van der Waals surface area contributed by atoms with Crippen molar-refractivity contribution in [2.24, 2.45) is 0 Å². The standard InChI is InChI=1S/C14H16ClN3/c1-9-6-4-5-7-12(9)8-16-14-10(2)13(15)17-11(3)18-14/h4-7H,8H2,1-3H3,(H,16,17,18). The maximum absolute atomic E-state index is 6.04. The molecule has 0 amide bonds. The number of benzene rings is 1. The van der Waals surface area contributed by atoms with Crippen molar-refractivity contribution in [3.05, 3.63) is 51.9 Å². The molecule has 3 nitrogen and oxygen atoms in total. The lowest BCUT2D eigenvalue weighted by atomic mass is 10.1. The molecule has 94 valence electrons. The predicted molar refractivity (Wildman–Crippen MR) is 75.0 cm³/mol. The van der Waals surface area contributed by atoms with E-state index in [2.05, 4.69) is 34.3 Å². The van der Waals surface area contributed by atoms with Crippen molar-refractivity contribution in [3.8, 4) is 0 Å². The van der Waals surface area contributed by atoms with E-state index in [-0.39, 0.29) is 0 Å². The van der Waals surface area contributed by atoms with Crippen LogP contribution in [0, 0.1) is 20.8 Å². The minimum atomic E-state index is 0.509. The molecule has 0 unspecified atom stereocenters. The van der Waals surface area contributed by atoms with Crippen molar-refractivity contribution >= 4 is 17.4 Å². The van der Waals surface area contributed by atoms with Gasteiger partial charge in [0.1, 0.15) is 16.8 Å². The molecular weight excluding hydrogens is 246 g/mol.